The Bertz CT molecular complexity index is 529. The lowest BCUT2D eigenvalue weighted by atomic mass is 9.82. The topological polar surface area (TPSA) is 73.2 Å². The highest BCUT2D eigenvalue weighted by Gasteiger charge is 2.43. The number of likely N-dealkylation sites (tertiary alicyclic amines) is 1. The van der Waals surface area contributed by atoms with Crippen molar-refractivity contribution in [3.8, 4) is 0 Å². The van der Waals surface area contributed by atoms with Crippen LogP contribution in [0.1, 0.15) is 18.4 Å². The molecule has 1 aromatic carbocycles. The second-order valence-corrected chi connectivity index (χ2v) is 6.66. The number of aliphatic hydroxyl groups is 1. The molecule has 2 aliphatic heterocycles. The van der Waals surface area contributed by atoms with Crippen LogP contribution in [0, 0.1) is 5.92 Å². The van der Waals surface area contributed by atoms with Crippen LogP contribution in [-0.4, -0.2) is 64.7 Å². The van der Waals surface area contributed by atoms with Gasteiger partial charge in [-0.05, 0) is 24.3 Å². The van der Waals surface area contributed by atoms with Crippen LogP contribution in [0.25, 0.3) is 0 Å². The molecule has 2 N–H and O–H groups in total. The summed E-state index contributed by atoms with van der Waals surface area (Å²) in [7, 11) is 0. The lowest BCUT2D eigenvalue weighted by molar-refractivity contribution is -0.168. The van der Waals surface area contributed by atoms with E-state index in [1.807, 2.05) is 18.2 Å². The minimum Gasteiger partial charge on any atom is -0.465 e. The van der Waals surface area contributed by atoms with Crippen molar-refractivity contribution in [2.24, 2.45) is 5.92 Å². The fraction of sp³-hybridized carbons (Fsp3) is 0.588. The van der Waals surface area contributed by atoms with Gasteiger partial charge in [-0.15, -0.1) is 0 Å². The minimum absolute atomic E-state index is 0.118. The van der Waals surface area contributed by atoms with Crippen LogP contribution in [0.5, 0.6) is 0 Å². The third kappa shape index (κ3) is 3.83. The summed E-state index contributed by atoms with van der Waals surface area (Å²) in [4.78, 5) is 14.7. The number of hydrogen-bond acceptors (Lipinski definition) is 4. The molecule has 2 saturated heterocycles. The summed E-state index contributed by atoms with van der Waals surface area (Å²) in [5, 5.41) is 18.7. The van der Waals surface area contributed by atoms with Crippen molar-refractivity contribution in [1.82, 2.24) is 9.80 Å². The molecule has 126 valence electrons. The van der Waals surface area contributed by atoms with Gasteiger partial charge in [-0.1, -0.05) is 30.3 Å². The van der Waals surface area contributed by atoms with E-state index < -0.39 is 6.09 Å². The van der Waals surface area contributed by atoms with Crippen molar-refractivity contribution in [1.29, 1.82) is 0 Å². The van der Waals surface area contributed by atoms with Crippen molar-refractivity contribution in [2.75, 3.05) is 33.0 Å². The van der Waals surface area contributed by atoms with Gasteiger partial charge in [0.15, 0.2) is 0 Å². The zero-order chi connectivity index (χ0) is 16.3. The number of benzene rings is 1. The minimum atomic E-state index is -0.935. The summed E-state index contributed by atoms with van der Waals surface area (Å²) in [5.41, 5.74) is 0.899. The van der Waals surface area contributed by atoms with Gasteiger partial charge in [0.2, 0.25) is 0 Å². The number of carboxylic acid groups (broad SMARTS) is 1. The van der Waals surface area contributed by atoms with Crippen molar-refractivity contribution in [3.63, 3.8) is 0 Å². The average molecular weight is 320 g/mol. The molecule has 23 heavy (non-hydrogen) atoms. The Hall–Kier alpha value is -1.63. The molecule has 6 nitrogen and oxygen atoms in total. The maximum absolute atomic E-state index is 11.0. The molecule has 0 aromatic heterocycles. The van der Waals surface area contributed by atoms with E-state index in [1.54, 1.807) is 0 Å². The van der Waals surface area contributed by atoms with Gasteiger partial charge in [0, 0.05) is 32.8 Å². The fourth-order valence-corrected chi connectivity index (χ4v) is 3.70. The Morgan fingerprint density at radius 3 is 2.74 bits per heavy atom. The zero-order valence-corrected chi connectivity index (χ0v) is 13.2. The molecule has 1 spiro atoms. The van der Waals surface area contributed by atoms with Crippen LogP contribution in [0.3, 0.4) is 0 Å². The van der Waals surface area contributed by atoms with Gasteiger partial charge in [-0.2, -0.15) is 0 Å². The van der Waals surface area contributed by atoms with E-state index >= 15 is 0 Å². The summed E-state index contributed by atoms with van der Waals surface area (Å²) in [6.07, 6.45) is 0.541. The van der Waals surface area contributed by atoms with Crippen molar-refractivity contribution in [3.05, 3.63) is 35.9 Å². The van der Waals surface area contributed by atoms with Gasteiger partial charge in [0.25, 0.3) is 0 Å². The lowest BCUT2D eigenvalue weighted by Crippen LogP contribution is -2.58. The van der Waals surface area contributed by atoms with Gasteiger partial charge in [0.05, 0.1) is 5.60 Å². The van der Waals surface area contributed by atoms with Crippen LogP contribution in [0.2, 0.25) is 0 Å². The monoisotopic (exact) mass is 320 g/mol. The maximum atomic E-state index is 11.0. The molecule has 0 saturated carbocycles. The van der Waals surface area contributed by atoms with E-state index in [-0.39, 0.29) is 24.9 Å². The first-order valence-electron chi connectivity index (χ1n) is 8.09. The summed E-state index contributed by atoms with van der Waals surface area (Å²) in [5.74, 6) is 0.170. The molecule has 0 bridgehead atoms. The number of amides is 1. The van der Waals surface area contributed by atoms with Gasteiger partial charge < -0.3 is 14.9 Å². The standard InChI is InChI=1S/C17H24N2O4/c20-11-15-8-17(6-7-19(13-23-17)16(21)22)12-18(10-15)9-14-4-2-1-3-5-14/h1-5,15,20H,6-13H2,(H,21,22). The molecule has 1 amide bonds. The first-order chi connectivity index (χ1) is 11.1. The number of carbonyl (C=O) groups is 1. The predicted octanol–water partition coefficient (Wildman–Crippen LogP) is 1.60. The van der Waals surface area contributed by atoms with E-state index in [0.29, 0.717) is 13.0 Å². The fourth-order valence-electron chi connectivity index (χ4n) is 3.70. The van der Waals surface area contributed by atoms with Gasteiger partial charge >= 0.3 is 6.09 Å². The largest absolute Gasteiger partial charge is 0.465 e. The molecule has 3 rings (SSSR count). The molecule has 0 aliphatic carbocycles. The highest BCUT2D eigenvalue weighted by Crippen LogP contribution is 2.35. The third-order valence-corrected chi connectivity index (χ3v) is 4.83. The Balaban J connectivity index is 1.68. The summed E-state index contributed by atoms with van der Waals surface area (Å²) >= 11 is 0. The predicted molar refractivity (Wildman–Crippen MR) is 84.9 cm³/mol. The summed E-state index contributed by atoms with van der Waals surface area (Å²) in [6.45, 7) is 3.20. The van der Waals surface area contributed by atoms with Crippen LogP contribution in [0.15, 0.2) is 30.3 Å². The van der Waals surface area contributed by atoms with Gasteiger partial charge in [-0.25, -0.2) is 4.79 Å². The molecule has 2 unspecified atom stereocenters. The summed E-state index contributed by atoms with van der Waals surface area (Å²) in [6, 6.07) is 10.3. The van der Waals surface area contributed by atoms with Crippen molar-refractivity contribution >= 4 is 6.09 Å². The highest BCUT2D eigenvalue weighted by molar-refractivity contribution is 5.64. The maximum Gasteiger partial charge on any atom is 0.409 e. The van der Waals surface area contributed by atoms with E-state index in [9.17, 15) is 9.90 Å². The quantitative estimate of drug-likeness (QED) is 0.885. The second kappa shape index (κ2) is 6.86. The molecular weight excluding hydrogens is 296 g/mol. The number of rotatable bonds is 3. The Kier molecular flexibility index (Phi) is 4.84. The summed E-state index contributed by atoms with van der Waals surface area (Å²) < 4.78 is 5.97. The molecule has 6 heteroatoms. The number of nitrogens with zero attached hydrogens (tertiary/aromatic N) is 2. The Morgan fingerprint density at radius 1 is 1.35 bits per heavy atom. The zero-order valence-electron chi connectivity index (χ0n) is 13.2. The van der Waals surface area contributed by atoms with Crippen molar-refractivity contribution < 1.29 is 19.7 Å². The average Bonchev–Trinajstić information content (AvgIpc) is 2.55. The number of aliphatic hydroxyl groups excluding tert-OH is 1. The van der Waals surface area contributed by atoms with Crippen LogP contribution < -0.4 is 0 Å². The third-order valence-electron chi connectivity index (χ3n) is 4.83. The van der Waals surface area contributed by atoms with Gasteiger partial charge in [-0.3, -0.25) is 9.80 Å². The Labute approximate surface area is 136 Å². The van der Waals surface area contributed by atoms with E-state index in [0.717, 1.165) is 26.1 Å². The van der Waals surface area contributed by atoms with Gasteiger partial charge in [0.1, 0.15) is 6.73 Å². The van der Waals surface area contributed by atoms with Crippen LogP contribution in [-0.2, 0) is 11.3 Å². The first-order valence-corrected chi connectivity index (χ1v) is 8.09. The number of piperidine rings is 1. The Morgan fingerprint density at radius 2 is 2.13 bits per heavy atom. The smallest absolute Gasteiger partial charge is 0.409 e. The molecule has 2 fully saturated rings. The number of hydrogen-bond donors (Lipinski definition) is 2. The SMILES string of the molecule is O=C(O)N1CCC2(CC(CO)CN(Cc3ccccc3)C2)OC1. The van der Waals surface area contributed by atoms with E-state index in [4.69, 9.17) is 9.84 Å². The normalized spacial score (nSPS) is 28.9. The lowest BCUT2D eigenvalue weighted by Gasteiger charge is -2.49. The van der Waals surface area contributed by atoms with Crippen molar-refractivity contribution in [2.45, 2.75) is 25.0 Å². The van der Waals surface area contributed by atoms with E-state index in [1.165, 1.54) is 10.5 Å². The number of ether oxygens (including phenoxy) is 1. The molecule has 1 aromatic rings. The van der Waals surface area contributed by atoms with Crippen LogP contribution in [0.4, 0.5) is 4.79 Å². The molecule has 2 heterocycles. The molecular formula is C17H24N2O4. The first kappa shape index (κ1) is 16.2. The second-order valence-electron chi connectivity index (χ2n) is 6.66. The van der Waals surface area contributed by atoms with E-state index in [2.05, 4.69) is 17.0 Å². The molecule has 0 radical (unpaired) electrons. The highest BCUT2D eigenvalue weighted by atomic mass is 16.5. The van der Waals surface area contributed by atoms with Crippen LogP contribution >= 0.6 is 0 Å². The molecule has 2 atom stereocenters. The molecule has 2 aliphatic rings.